The third-order valence-corrected chi connectivity index (χ3v) is 3.20. The molecule has 2 heteroatoms. The molecule has 0 aromatic heterocycles. The minimum Gasteiger partial charge on any atom is -0.487 e. The van der Waals surface area contributed by atoms with Crippen LogP contribution in [0.3, 0.4) is 0 Å². The lowest BCUT2D eigenvalue weighted by atomic mass is 9.97. The van der Waals surface area contributed by atoms with Gasteiger partial charge in [-0.15, -0.1) is 0 Å². The van der Waals surface area contributed by atoms with E-state index in [-0.39, 0.29) is 12.7 Å². The van der Waals surface area contributed by atoms with Crippen LogP contribution in [0.1, 0.15) is 37.3 Å². The van der Waals surface area contributed by atoms with Crippen molar-refractivity contribution in [2.24, 2.45) is 0 Å². The predicted molar refractivity (Wildman–Crippen MR) is 64.9 cm³/mol. The molecule has 1 atom stereocenters. The van der Waals surface area contributed by atoms with Crippen LogP contribution >= 0.6 is 0 Å². The zero-order chi connectivity index (χ0) is 11.4. The molecule has 2 rings (SSSR count). The molecule has 0 saturated carbocycles. The number of aliphatic hydroxyl groups is 1. The molecule has 0 amide bonds. The van der Waals surface area contributed by atoms with Gasteiger partial charge in [0.1, 0.15) is 11.9 Å². The first-order valence-corrected chi connectivity index (χ1v) is 6.23. The molecule has 0 fully saturated rings. The Morgan fingerprint density at radius 3 is 3.06 bits per heavy atom. The van der Waals surface area contributed by atoms with E-state index in [1.165, 1.54) is 24.0 Å². The summed E-state index contributed by atoms with van der Waals surface area (Å²) in [6.45, 7) is 2.33. The fraction of sp³-hybridized carbons (Fsp3) is 0.571. The van der Waals surface area contributed by atoms with Crippen molar-refractivity contribution in [3.05, 3.63) is 29.3 Å². The second-order valence-electron chi connectivity index (χ2n) is 4.47. The van der Waals surface area contributed by atoms with E-state index >= 15 is 0 Å². The minimum atomic E-state index is -0.00437. The molecule has 1 N–H and O–H groups in total. The lowest BCUT2D eigenvalue weighted by Crippen LogP contribution is -2.26. The summed E-state index contributed by atoms with van der Waals surface area (Å²) in [6, 6.07) is 6.40. The number of hydrogen-bond donors (Lipinski definition) is 1. The monoisotopic (exact) mass is 220 g/mol. The summed E-state index contributed by atoms with van der Waals surface area (Å²) in [4.78, 5) is 0. The normalized spacial score (nSPS) is 19.0. The van der Waals surface area contributed by atoms with Gasteiger partial charge in [0.05, 0.1) is 6.61 Å². The molecule has 1 aliphatic rings. The van der Waals surface area contributed by atoms with Gasteiger partial charge in [0.15, 0.2) is 0 Å². The molecule has 1 aromatic rings. The van der Waals surface area contributed by atoms with Crippen LogP contribution in [0.5, 0.6) is 5.75 Å². The average Bonchev–Trinajstić information content (AvgIpc) is 2.35. The molecular formula is C14H20O2. The molecule has 0 saturated heterocycles. The maximum Gasteiger partial charge on any atom is 0.126 e. The number of aryl methyl sites for hydroxylation is 2. The second kappa shape index (κ2) is 5.35. The summed E-state index contributed by atoms with van der Waals surface area (Å²) in [7, 11) is 0. The number of rotatable bonds is 4. The number of benzene rings is 1. The highest BCUT2D eigenvalue weighted by Crippen LogP contribution is 2.32. The van der Waals surface area contributed by atoms with Crippen molar-refractivity contribution in [3.8, 4) is 5.75 Å². The predicted octanol–water partition coefficient (Wildman–Crippen LogP) is 2.72. The van der Waals surface area contributed by atoms with E-state index in [9.17, 15) is 0 Å². The van der Waals surface area contributed by atoms with Gasteiger partial charge in [-0.3, -0.25) is 0 Å². The van der Waals surface area contributed by atoms with Gasteiger partial charge >= 0.3 is 0 Å². The second-order valence-corrected chi connectivity index (χ2v) is 4.47. The molecule has 0 bridgehead atoms. The number of hydrogen-bond acceptors (Lipinski definition) is 2. The van der Waals surface area contributed by atoms with Crippen LogP contribution in [0.4, 0.5) is 0 Å². The van der Waals surface area contributed by atoms with Crippen LogP contribution in [0.2, 0.25) is 0 Å². The van der Waals surface area contributed by atoms with Crippen molar-refractivity contribution in [1.29, 1.82) is 0 Å². The molecule has 2 nitrogen and oxygen atoms in total. The SMILES string of the molecule is CCCCc1cccc2c1OC(CO)CC2. The van der Waals surface area contributed by atoms with Crippen LogP contribution in [-0.2, 0) is 12.8 Å². The molecule has 0 radical (unpaired) electrons. The zero-order valence-electron chi connectivity index (χ0n) is 9.91. The van der Waals surface area contributed by atoms with Crippen LogP contribution in [0, 0.1) is 0 Å². The smallest absolute Gasteiger partial charge is 0.126 e. The molecule has 88 valence electrons. The van der Waals surface area contributed by atoms with Gasteiger partial charge in [-0.25, -0.2) is 0 Å². The van der Waals surface area contributed by atoms with Crippen molar-refractivity contribution in [3.63, 3.8) is 0 Å². The third-order valence-electron chi connectivity index (χ3n) is 3.20. The first kappa shape index (κ1) is 11.5. The Hall–Kier alpha value is -1.02. The lowest BCUT2D eigenvalue weighted by Gasteiger charge is -2.26. The molecule has 1 aromatic carbocycles. The first-order valence-electron chi connectivity index (χ1n) is 6.23. The van der Waals surface area contributed by atoms with Crippen molar-refractivity contribution >= 4 is 0 Å². The van der Waals surface area contributed by atoms with Crippen molar-refractivity contribution in [2.45, 2.75) is 45.1 Å². The number of fused-ring (bicyclic) bond motifs is 1. The summed E-state index contributed by atoms with van der Waals surface area (Å²) in [5.74, 6) is 1.04. The van der Waals surface area contributed by atoms with Gasteiger partial charge in [-0.1, -0.05) is 31.5 Å². The summed E-state index contributed by atoms with van der Waals surface area (Å²) >= 11 is 0. The van der Waals surface area contributed by atoms with Gasteiger partial charge in [0, 0.05) is 0 Å². The maximum absolute atomic E-state index is 9.16. The maximum atomic E-state index is 9.16. The number of para-hydroxylation sites is 1. The van der Waals surface area contributed by atoms with Crippen LogP contribution < -0.4 is 4.74 Å². The van der Waals surface area contributed by atoms with Gasteiger partial charge in [0.2, 0.25) is 0 Å². The molecular weight excluding hydrogens is 200 g/mol. The van der Waals surface area contributed by atoms with E-state index in [1.807, 2.05) is 0 Å². The van der Waals surface area contributed by atoms with Gasteiger partial charge in [-0.05, 0) is 36.8 Å². The minimum absolute atomic E-state index is 0.00437. The number of ether oxygens (including phenoxy) is 1. The third kappa shape index (κ3) is 2.38. The fourth-order valence-corrected chi connectivity index (χ4v) is 2.22. The Morgan fingerprint density at radius 1 is 1.44 bits per heavy atom. The van der Waals surface area contributed by atoms with E-state index < -0.39 is 0 Å². The number of aliphatic hydroxyl groups excluding tert-OH is 1. The van der Waals surface area contributed by atoms with Crippen molar-refractivity contribution < 1.29 is 9.84 Å². The van der Waals surface area contributed by atoms with E-state index in [2.05, 4.69) is 25.1 Å². The largest absolute Gasteiger partial charge is 0.487 e. The lowest BCUT2D eigenvalue weighted by molar-refractivity contribution is 0.0967. The number of unbranched alkanes of at least 4 members (excludes halogenated alkanes) is 1. The highest BCUT2D eigenvalue weighted by atomic mass is 16.5. The van der Waals surface area contributed by atoms with Gasteiger partial charge in [0.25, 0.3) is 0 Å². The molecule has 1 unspecified atom stereocenters. The van der Waals surface area contributed by atoms with Crippen molar-refractivity contribution in [2.75, 3.05) is 6.61 Å². The van der Waals surface area contributed by atoms with E-state index in [4.69, 9.17) is 9.84 Å². The van der Waals surface area contributed by atoms with Crippen LogP contribution in [0.25, 0.3) is 0 Å². The highest BCUT2D eigenvalue weighted by molar-refractivity contribution is 5.43. The van der Waals surface area contributed by atoms with Crippen LogP contribution in [-0.4, -0.2) is 17.8 Å². The quantitative estimate of drug-likeness (QED) is 0.845. The molecule has 0 aliphatic carbocycles. The molecule has 0 spiro atoms. The standard InChI is InChI=1S/C14H20O2/c1-2-3-5-11-6-4-7-12-8-9-13(10-15)16-14(11)12/h4,6-7,13,15H,2-3,5,8-10H2,1H3. The fourth-order valence-electron chi connectivity index (χ4n) is 2.22. The average molecular weight is 220 g/mol. The van der Waals surface area contributed by atoms with Gasteiger partial charge < -0.3 is 9.84 Å². The van der Waals surface area contributed by atoms with E-state index in [0.717, 1.165) is 25.0 Å². The Balaban J connectivity index is 2.20. The highest BCUT2D eigenvalue weighted by Gasteiger charge is 2.20. The topological polar surface area (TPSA) is 29.5 Å². The Bertz CT molecular complexity index is 347. The molecule has 16 heavy (non-hydrogen) atoms. The van der Waals surface area contributed by atoms with E-state index in [0.29, 0.717) is 0 Å². The Kier molecular flexibility index (Phi) is 3.83. The van der Waals surface area contributed by atoms with E-state index in [1.54, 1.807) is 0 Å². The summed E-state index contributed by atoms with van der Waals surface area (Å²) in [5.41, 5.74) is 2.61. The zero-order valence-corrected chi connectivity index (χ0v) is 9.91. The van der Waals surface area contributed by atoms with Crippen LogP contribution in [0.15, 0.2) is 18.2 Å². The Labute approximate surface area is 97.3 Å². The molecule has 1 heterocycles. The summed E-state index contributed by atoms with van der Waals surface area (Å²) in [6.07, 6.45) is 5.44. The Morgan fingerprint density at radius 2 is 2.31 bits per heavy atom. The van der Waals surface area contributed by atoms with Crippen molar-refractivity contribution in [1.82, 2.24) is 0 Å². The van der Waals surface area contributed by atoms with Gasteiger partial charge in [-0.2, -0.15) is 0 Å². The first-order chi connectivity index (χ1) is 7.85. The summed E-state index contributed by atoms with van der Waals surface area (Å²) < 4.78 is 5.86. The molecule has 1 aliphatic heterocycles. The summed E-state index contributed by atoms with van der Waals surface area (Å²) in [5, 5.41) is 9.16.